The van der Waals surface area contributed by atoms with Crippen molar-refractivity contribution in [1.82, 2.24) is 20.0 Å². The minimum absolute atomic E-state index is 0.151. The second kappa shape index (κ2) is 7.37. The third-order valence-electron chi connectivity index (χ3n) is 5.97. The van der Waals surface area contributed by atoms with Gasteiger partial charge >= 0.3 is 0 Å². The Hall–Kier alpha value is -0.910. The van der Waals surface area contributed by atoms with E-state index in [1.807, 2.05) is 18.8 Å². The normalized spacial score (nSPS) is 29.0. The van der Waals surface area contributed by atoms with Gasteiger partial charge in [-0.2, -0.15) is 5.10 Å². The summed E-state index contributed by atoms with van der Waals surface area (Å²) in [6, 6.07) is 0. The molecule has 1 spiro atoms. The highest BCUT2D eigenvalue weighted by Crippen LogP contribution is 2.49. The average molecular weight is 349 g/mol. The van der Waals surface area contributed by atoms with Gasteiger partial charge in [0.15, 0.2) is 0 Å². The number of aromatic nitrogens is 2. The van der Waals surface area contributed by atoms with Crippen molar-refractivity contribution in [2.45, 2.75) is 64.0 Å². The SMILES string of the molecule is CNCCN(C)Cc1cn(C)nc1C1CCC2(CC1)CC(C)(C)CO2. The molecule has 2 fully saturated rings. The van der Waals surface area contributed by atoms with Crippen LogP contribution in [0.2, 0.25) is 0 Å². The van der Waals surface area contributed by atoms with E-state index in [0.29, 0.717) is 11.3 Å². The first-order chi connectivity index (χ1) is 11.8. The Balaban J connectivity index is 1.63. The lowest BCUT2D eigenvalue weighted by molar-refractivity contribution is -0.0296. The summed E-state index contributed by atoms with van der Waals surface area (Å²) in [6.45, 7) is 8.66. The molecule has 0 unspecified atom stereocenters. The van der Waals surface area contributed by atoms with Crippen molar-refractivity contribution < 1.29 is 4.74 Å². The van der Waals surface area contributed by atoms with Gasteiger partial charge in [-0.1, -0.05) is 13.8 Å². The van der Waals surface area contributed by atoms with Crippen LogP contribution in [-0.4, -0.2) is 54.1 Å². The van der Waals surface area contributed by atoms with Gasteiger partial charge in [0.25, 0.3) is 0 Å². The molecule has 5 nitrogen and oxygen atoms in total. The fraction of sp³-hybridized carbons (Fsp3) is 0.850. The van der Waals surface area contributed by atoms with Crippen molar-refractivity contribution in [3.63, 3.8) is 0 Å². The van der Waals surface area contributed by atoms with Gasteiger partial charge < -0.3 is 15.0 Å². The first-order valence-electron chi connectivity index (χ1n) is 9.82. The molecule has 0 radical (unpaired) electrons. The molecule has 142 valence electrons. The maximum atomic E-state index is 6.28. The molecule has 0 aromatic carbocycles. The van der Waals surface area contributed by atoms with Crippen molar-refractivity contribution in [3.8, 4) is 0 Å². The van der Waals surface area contributed by atoms with Crippen LogP contribution in [0.15, 0.2) is 6.20 Å². The largest absolute Gasteiger partial charge is 0.374 e. The summed E-state index contributed by atoms with van der Waals surface area (Å²) in [5.41, 5.74) is 3.22. The zero-order valence-electron chi connectivity index (χ0n) is 16.8. The highest BCUT2D eigenvalue weighted by molar-refractivity contribution is 5.22. The van der Waals surface area contributed by atoms with E-state index in [4.69, 9.17) is 9.84 Å². The number of nitrogens with zero attached hydrogens (tertiary/aromatic N) is 3. The smallest absolute Gasteiger partial charge is 0.0700 e. The zero-order chi connectivity index (χ0) is 18.1. The second-order valence-corrected chi connectivity index (χ2v) is 9.14. The summed E-state index contributed by atoms with van der Waals surface area (Å²) in [5, 5.41) is 8.07. The Morgan fingerprint density at radius 3 is 2.68 bits per heavy atom. The minimum Gasteiger partial charge on any atom is -0.374 e. The van der Waals surface area contributed by atoms with E-state index in [2.05, 4.69) is 37.3 Å². The standard InChI is InChI=1S/C20H36N4O/c1-19(2)14-20(25-15-19)8-6-16(7-9-20)18-17(13-24(5)22-18)12-23(4)11-10-21-3/h13,16,21H,6-12,14-15H2,1-5H3. The van der Waals surface area contributed by atoms with Crippen LogP contribution in [0, 0.1) is 5.41 Å². The summed E-state index contributed by atoms with van der Waals surface area (Å²) < 4.78 is 8.28. The molecule has 2 aliphatic rings. The molecule has 0 amide bonds. The Morgan fingerprint density at radius 2 is 2.08 bits per heavy atom. The van der Waals surface area contributed by atoms with Gasteiger partial charge in [-0.3, -0.25) is 4.68 Å². The molecular formula is C20H36N4O. The highest BCUT2D eigenvalue weighted by Gasteiger charge is 2.46. The van der Waals surface area contributed by atoms with E-state index in [9.17, 15) is 0 Å². The molecule has 1 aromatic rings. The van der Waals surface area contributed by atoms with Crippen LogP contribution in [0.5, 0.6) is 0 Å². The van der Waals surface area contributed by atoms with Crippen LogP contribution in [0.1, 0.15) is 63.1 Å². The van der Waals surface area contributed by atoms with E-state index >= 15 is 0 Å². The molecule has 1 aliphatic carbocycles. The van der Waals surface area contributed by atoms with Crippen molar-refractivity contribution >= 4 is 0 Å². The molecule has 1 aromatic heterocycles. The lowest BCUT2D eigenvalue weighted by Gasteiger charge is -2.37. The predicted molar refractivity (Wildman–Crippen MR) is 102 cm³/mol. The lowest BCUT2D eigenvalue weighted by Crippen LogP contribution is -2.34. The number of aryl methyl sites for hydroxylation is 1. The average Bonchev–Trinajstić information content (AvgIpc) is 3.06. The first-order valence-corrected chi connectivity index (χ1v) is 9.82. The Labute approximate surface area is 153 Å². The quantitative estimate of drug-likeness (QED) is 0.858. The van der Waals surface area contributed by atoms with Gasteiger partial charge in [0.2, 0.25) is 0 Å². The van der Waals surface area contributed by atoms with E-state index in [1.165, 1.54) is 43.4 Å². The van der Waals surface area contributed by atoms with Gasteiger partial charge in [0.05, 0.1) is 17.9 Å². The molecular weight excluding hydrogens is 312 g/mol. The van der Waals surface area contributed by atoms with Crippen LogP contribution >= 0.6 is 0 Å². The predicted octanol–water partition coefficient (Wildman–Crippen LogP) is 2.91. The number of likely N-dealkylation sites (N-methyl/N-ethyl adjacent to an activating group) is 2. The van der Waals surface area contributed by atoms with Gasteiger partial charge in [-0.25, -0.2) is 0 Å². The van der Waals surface area contributed by atoms with Crippen LogP contribution in [0.25, 0.3) is 0 Å². The highest BCUT2D eigenvalue weighted by atomic mass is 16.5. The molecule has 1 saturated heterocycles. The molecule has 2 heterocycles. The molecule has 25 heavy (non-hydrogen) atoms. The van der Waals surface area contributed by atoms with Gasteiger partial charge in [0.1, 0.15) is 0 Å². The van der Waals surface area contributed by atoms with Gasteiger partial charge in [0, 0.05) is 44.4 Å². The van der Waals surface area contributed by atoms with Crippen molar-refractivity contribution in [1.29, 1.82) is 0 Å². The van der Waals surface area contributed by atoms with Crippen LogP contribution in [0.4, 0.5) is 0 Å². The number of hydrogen-bond acceptors (Lipinski definition) is 4. The lowest BCUT2D eigenvalue weighted by atomic mass is 9.72. The fourth-order valence-electron chi connectivity index (χ4n) is 4.75. The second-order valence-electron chi connectivity index (χ2n) is 9.14. The summed E-state index contributed by atoms with van der Waals surface area (Å²) in [7, 11) is 6.25. The minimum atomic E-state index is 0.151. The first kappa shape index (κ1) is 18.9. The third-order valence-corrected chi connectivity index (χ3v) is 5.97. The molecule has 3 rings (SSSR count). The summed E-state index contributed by atoms with van der Waals surface area (Å²) in [4.78, 5) is 2.38. The Morgan fingerprint density at radius 1 is 1.36 bits per heavy atom. The molecule has 1 saturated carbocycles. The van der Waals surface area contributed by atoms with E-state index in [-0.39, 0.29) is 5.60 Å². The van der Waals surface area contributed by atoms with Crippen molar-refractivity contribution in [3.05, 3.63) is 17.5 Å². The molecule has 5 heteroatoms. The van der Waals surface area contributed by atoms with E-state index in [0.717, 1.165) is 26.2 Å². The van der Waals surface area contributed by atoms with Gasteiger partial charge in [-0.05, 0) is 51.6 Å². The van der Waals surface area contributed by atoms with Crippen LogP contribution in [0.3, 0.4) is 0 Å². The summed E-state index contributed by atoms with van der Waals surface area (Å²) in [5.74, 6) is 0.590. The molecule has 0 atom stereocenters. The third kappa shape index (κ3) is 4.44. The van der Waals surface area contributed by atoms with E-state index < -0.39 is 0 Å². The number of ether oxygens (including phenoxy) is 1. The molecule has 1 N–H and O–H groups in total. The maximum Gasteiger partial charge on any atom is 0.0700 e. The summed E-state index contributed by atoms with van der Waals surface area (Å²) in [6.07, 6.45) is 8.22. The van der Waals surface area contributed by atoms with Gasteiger partial charge in [-0.15, -0.1) is 0 Å². The fourth-order valence-corrected chi connectivity index (χ4v) is 4.75. The van der Waals surface area contributed by atoms with Crippen LogP contribution in [-0.2, 0) is 18.3 Å². The zero-order valence-corrected chi connectivity index (χ0v) is 16.8. The molecule has 0 bridgehead atoms. The van der Waals surface area contributed by atoms with Crippen molar-refractivity contribution in [2.24, 2.45) is 12.5 Å². The summed E-state index contributed by atoms with van der Waals surface area (Å²) >= 11 is 0. The van der Waals surface area contributed by atoms with Crippen molar-refractivity contribution in [2.75, 3.05) is 33.8 Å². The maximum absolute atomic E-state index is 6.28. The monoisotopic (exact) mass is 348 g/mol. The Kier molecular flexibility index (Phi) is 5.57. The molecule has 1 aliphatic heterocycles. The Bertz CT molecular complexity index is 572. The van der Waals surface area contributed by atoms with Crippen LogP contribution < -0.4 is 5.32 Å². The topological polar surface area (TPSA) is 42.3 Å². The number of nitrogens with one attached hydrogen (secondary N) is 1. The number of rotatable bonds is 6. The number of hydrogen-bond donors (Lipinski definition) is 1. The van der Waals surface area contributed by atoms with E-state index in [1.54, 1.807) is 0 Å².